The molecule has 18 nitrogen and oxygen atoms in total. The Morgan fingerprint density at radius 1 is 0.494 bits per heavy atom. The van der Waals surface area contributed by atoms with Crippen molar-refractivity contribution < 1.29 is 81.2 Å². The lowest BCUT2D eigenvalue weighted by Crippen LogP contribution is -2.66. The molecule has 18 heteroatoms. The van der Waals surface area contributed by atoms with Gasteiger partial charge in [0.2, 0.25) is 0 Å². The summed E-state index contributed by atoms with van der Waals surface area (Å²) >= 11 is 0. The second kappa shape index (κ2) is 27.4. The highest BCUT2D eigenvalue weighted by atomic mass is 16.8. The Balaban J connectivity index is 1.18. The van der Waals surface area contributed by atoms with Crippen LogP contribution in [0.15, 0.2) is 164 Å². The summed E-state index contributed by atoms with van der Waals surface area (Å²) in [5.41, 5.74) is 3.15. The Bertz CT molecular complexity index is 3030. The van der Waals surface area contributed by atoms with Crippen molar-refractivity contribution in [2.75, 3.05) is 19.8 Å². The molecule has 2 aliphatic rings. The highest BCUT2D eigenvalue weighted by Gasteiger charge is 2.57. The molecule has 79 heavy (non-hydrogen) atoms. The van der Waals surface area contributed by atoms with Gasteiger partial charge in [-0.25, -0.2) is 28.8 Å². The van der Waals surface area contributed by atoms with Crippen LogP contribution in [-0.2, 0) is 54.0 Å². The van der Waals surface area contributed by atoms with Crippen LogP contribution in [0.3, 0.4) is 0 Å². The summed E-state index contributed by atoms with van der Waals surface area (Å²) < 4.78 is 62.4. The van der Waals surface area contributed by atoms with Crippen molar-refractivity contribution in [3.63, 3.8) is 0 Å². The van der Waals surface area contributed by atoms with Gasteiger partial charge in [-0.15, -0.1) is 0 Å². The SMILES string of the molecule is Cc1ccccc1C(=O)OC[C@H]1O[C@@H](OCCCNC(=O)OCc2ccccc2)[C@H](OC(=O)c2ccccc2)[C@@H](OC(=O)c2ccccc2)[C@@H]1O[C@@H]1O[C@@H](C)[C@H](O)[C@@H](OC(=O)c2ccccc2C)[C@H]1OC(=O)c1ccccc1C. The van der Waals surface area contributed by atoms with Crippen LogP contribution >= 0.6 is 0 Å². The molecule has 0 unspecified atom stereocenters. The number of amides is 1. The maximum Gasteiger partial charge on any atom is 0.407 e. The smallest absolute Gasteiger partial charge is 0.407 e. The van der Waals surface area contributed by atoms with Crippen LogP contribution in [0.4, 0.5) is 4.79 Å². The minimum absolute atomic E-state index is 0.0378. The summed E-state index contributed by atoms with van der Waals surface area (Å²) in [4.78, 5) is 83.7. The van der Waals surface area contributed by atoms with E-state index in [1.165, 1.54) is 43.3 Å². The van der Waals surface area contributed by atoms with Gasteiger partial charge >= 0.3 is 35.9 Å². The summed E-state index contributed by atoms with van der Waals surface area (Å²) in [5.74, 6) is -4.35. The van der Waals surface area contributed by atoms with E-state index in [1.807, 2.05) is 30.3 Å². The molecule has 2 saturated heterocycles. The van der Waals surface area contributed by atoms with Crippen LogP contribution in [0, 0.1) is 20.8 Å². The van der Waals surface area contributed by atoms with Crippen molar-refractivity contribution in [2.24, 2.45) is 0 Å². The number of nitrogens with one attached hydrogen (secondary N) is 1. The summed E-state index contributed by atoms with van der Waals surface area (Å²) in [5, 5.41) is 14.5. The molecule has 2 N–H and O–H groups in total. The number of aliphatic hydroxyl groups is 1. The normalized spacial score (nSPS) is 22.5. The van der Waals surface area contributed by atoms with Gasteiger partial charge < -0.3 is 57.8 Å². The summed E-state index contributed by atoms with van der Waals surface area (Å²) in [6.45, 7) is 5.91. The van der Waals surface area contributed by atoms with Gasteiger partial charge in [0.15, 0.2) is 37.0 Å². The summed E-state index contributed by atoms with van der Waals surface area (Å²) in [6, 6.07) is 44.9. The molecule has 0 saturated carbocycles. The first kappa shape index (κ1) is 56.9. The molecule has 0 radical (unpaired) electrons. The minimum Gasteiger partial charge on any atom is -0.459 e. The molecule has 0 spiro atoms. The largest absolute Gasteiger partial charge is 0.459 e. The number of alkyl carbamates (subject to hydrolysis) is 1. The summed E-state index contributed by atoms with van der Waals surface area (Å²) in [7, 11) is 0. The number of carbonyl (C=O) groups excluding carboxylic acids is 6. The third-order valence-electron chi connectivity index (χ3n) is 13.2. The molecule has 8 rings (SSSR count). The highest BCUT2D eigenvalue weighted by Crippen LogP contribution is 2.36. The number of esters is 5. The Hall–Kier alpha value is -8.26. The van der Waals surface area contributed by atoms with Crippen molar-refractivity contribution >= 4 is 35.9 Å². The first-order valence-electron chi connectivity index (χ1n) is 25.7. The quantitative estimate of drug-likeness (QED) is 0.0417. The predicted octanol–water partition coefficient (Wildman–Crippen LogP) is 8.22. The third kappa shape index (κ3) is 14.9. The van der Waals surface area contributed by atoms with Gasteiger partial charge in [0, 0.05) is 6.54 Å². The van der Waals surface area contributed by atoms with Crippen LogP contribution in [0.2, 0.25) is 0 Å². The van der Waals surface area contributed by atoms with Gasteiger partial charge in [-0.05, 0) is 98.8 Å². The molecule has 2 fully saturated rings. The number of ether oxygens (including phenoxy) is 10. The van der Waals surface area contributed by atoms with Crippen LogP contribution < -0.4 is 5.32 Å². The number of benzene rings is 6. The van der Waals surface area contributed by atoms with E-state index in [0.29, 0.717) is 16.7 Å². The van der Waals surface area contributed by atoms with E-state index in [-0.39, 0.29) is 54.0 Å². The maximum absolute atomic E-state index is 14.5. The fourth-order valence-electron chi connectivity index (χ4n) is 8.86. The Labute approximate surface area is 456 Å². The van der Waals surface area contributed by atoms with Crippen molar-refractivity contribution in [3.8, 4) is 0 Å². The van der Waals surface area contributed by atoms with Gasteiger partial charge in [-0.3, -0.25) is 0 Å². The van der Waals surface area contributed by atoms with E-state index in [4.69, 9.17) is 47.4 Å². The maximum atomic E-state index is 14.5. The molecular weight excluding hydrogens is 1020 g/mol. The zero-order chi connectivity index (χ0) is 55.8. The number of aliphatic hydroxyl groups excluding tert-OH is 1. The molecule has 1 amide bonds. The van der Waals surface area contributed by atoms with Crippen LogP contribution in [0.5, 0.6) is 0 Å². The van der Waals surface area contributed by atoms with E-state index < -0.39 is 104 Å². The van der Waals surface area contributed by atoms with E-state index in [1.54, 1.807) is 118 Å². The van der Waals surface area contributed by atoms with Gasteiger partial charge in [-0.1, -0.05) is 121 Å². The molecule has 2 heterocycles. The van der Waals surface area contributed by atoms with Crippen molar-refractivity contribution in [2.45, 2.75) is 102 Å². The second-order valence-corrected chi connectivity index (χ2v) is 18.8. The fourth-order valence-corrected chi connectivity index (χ4v) is 8.86. The van der Waals surface area contributed by atoms with Crippen LogP contribution in [0.1, 0.15) is 87.4 Å². The first-order valence-corrected chi connectivity index (χ1v) is 25.7. The number of rotatable bonds is 20. The first-order chi connectivity index (χ1) is 38.2. The van der Waals surface area contributed by atoms with Crippen LogP contribution in [0.25, 0.3) is 0 Å². The number of carbonyl (C=O) groups is 6. The number of aryl methyl sites for hydroxylation is 3. The predicted molar refractivity (Wildman–Crippen MR) is 283 cm³/mol. The van der Waals surface area contributed by atoms with Gasteiger partial charge in [0.1, 0.15) is 31.5 Å². The lowest BCUT2D eigenvalue weighted by Gasteiger charge is -2.48. The number of hydrogen-bond acceptors (Lipinski definition) is 17. The fraction of sp³-hybridized carbons (Fsp3) is 0.311. The van der Waals surface area contributed by atoms with Crippen molar-refractivity contribution in [1.82, 2.24) is 5.32 Å². The highest BCUT2D eigenvalue weighted by molar-refractivity contribution is 5.93. The molecule has 2 aliphatic heterocycles. The monoisotopic (exact) mass is 1080 g/mol. The van der Waals surface area contributed by atoms with Gasteiger partial charge in [0.05, 0.1) is 40.5 Å². The Morgan fingerprint density at radius 2 is 0.949 bits per heavy atom. The van der Waals surface area contributed by atoms with E-state index in [9.17, 15) is 33.9 Å². The molecule has 0 bridgehead atoms. The lowest BCUT2D eigenvalue weighted by atomic mass is 9.96. The van der Waals surface area contributed by atoms with E-state index >= 15 is 0 Å². The molecule has 412 valence electrons. The molecule has 10 atom stereocenters. The topological polar surface area (TPSA) is 227 Å². The van der Waals surface area contributed by atoms with Crippen molar-refractivity contribution in [1.29, 1.82) is 0 Å². The second-order valence-electron chi connectivity index (χ2n) is 18.8. The lowest BCUT2D eigenvalue weighted by molar-refractivity contribution is -0.354. The molecule has 6 aromatic rings. The minimum atomic E-state index is -1.81. The Kier molecular flexibility index (Phi) is 19.7. The van der Waals surface area contributed by atoms with E-state index in [2.05, 4.69) is 5.32 Å². The zero-order valence-electron chi connectivity index (χ0n) is 43.9. The van der Waals surface area contributed by atoms with Crippen molar-refractivity contribution in [3.05, 3.63) is 214 Å². The zero-order valence-corrected chi connectivity index (χ0v) is 43.9. The van der Waals surface area contributed by atoms with Gasteiger partial charge in [0.25, 0.3) is 0 Å². The number of hydrogen-bond donors (Lipinski definition) is 2. The molecule has 6 aromatic carbocycles. The van der Waals surface area contributed by atoms with Crippen LogP contribution in [-0.4, -0.2) is 122 Å². The summed E-state index contributed by atoms with van der Waals surface area (Å²) in [6.07, 6.45) is -16.9. The molecule has 0 aromatic heterocycles. The molecular formula is C61H61NO17. The average Bonchev–Trinajstić information content (AvgIpc) is 3.62. The third-order valence-corrected chi connectivity index (χ3v) is 13.2. The van der Waals surface area contributed by atoms with Gasteiger partial charge in [-0.2, -0.15) is 0 Å². The molecule has 0 aliphatic carbocycles. The Morgan fingerprint density at radius 3 is 1.49 bits per heavy atom. The van der Waals surface area contributed by atoms with E-state index in [0.717, 1.165) is 5.56 Å². The average molecular weight is 1080 g/mol. The standard InChI is InChI=1S/C61H61NO17/c1-37-21-14-17-30-44(37)56(66)71-36-47-49(79-60-52(78-58(68)46-32-19-16-23-39(46)3)50(48(63)40(4)73-60)75-57(67)45-31-18-15-22-38(45)2)51(76-54(64)42-26-10-6-11-27-42)53(77-55(65)43-28-12-7-13-29-43)59(74-47)70-34-20-33-62-61(69)72-35-41-24-8-5-9-25-41/h5-19,21-32,40,47-53,59-60,63H,20,33-36H2,1-4H3,(H,62,69)/t40-,47+,48-,49+,50+,51-,52+,53+,59+,60-/m0/s1.